The number of halogens is 1. The SMILES string of the molecule is CC(C)(C)c1nc2c(-c3ccc(I)nn3)cccc2s1. The monoisotopic (exact) mass is 395 g/mol. The van der Waals surface area contributed by atoms with Crippen molar-refractivity contribution in [3.63, 3.8) is 0 Å². The molecule has 0 bridgehead atoms. The highest BCUT2D eigenvalue weighted by molar-refractivity contribution is 14.1. The molecule has 0 saturated carbocycles. The van der Waals surface area contributed by atoms with Gasteiger partial charge in [-0.3, -0.25) is 0 Å². The average Bonchev–Trinajstić information content (AvgIpc) is 2.83. The van der Waals surface area contributed by atoms with Crippen LogP contribution in [-0.2, 0) is 5.41 Å². The van der Waals surface area contributed by atoms with E-state index in [9.17, 15) is 0 Å². The van der Waals surface area contributed by atoms with Gasteiger partial charge < -0.3 is 0 Å². The molecule has 2 aromatic heterocycles. The normalized spacial score (nSPS) is 12.0. The van der Waals surface area contributed by atoms with Crippen molar-refractivity contribution >= 4 is 44.1 Å². The molecule has 0 aliphatic carbocycles. The first-order valence-electron chi connectivity index (χ1n) is 6.35. The lowest BCUT2D eigenvalue weighted by molar-refractivity contribution is 0.587. The molecule has 0 amide bonds. The van der Waals surface area contributed by atoms with E-state index in [0.717, 1.165) is 25.5 Å². The lowest BCUT2D eigenvalue weighted by Crippen LogP contribution is -2.09. The standard InChI is InChI=1S/C15H14IN3S/c1-15(2,3)14-17-13-9(5-4-6-11(13)20-14)10-7-8-12(16)19-18-10/h4-8H,1-3H3. The summed E-state index contributed by atoms with van der Waals surface area (Å²) in [5.74, 6) is 0. The molecule has 3 aromatic rings. The van der Waals surface area contributed by atoms with Gasteiger partial charge in [-0.1, -0.05) is 32.9 Å². The summed E-state index contributed by atoms with van der Waals surface area (Å²) in [6.07, 6.45) is 0. The van der Waals surface area contributed by atoms with Crippen molar-refractivity contribution in [2.24, 2.45) is 0 Å². The van der Waals surface area contributed by atoms with Crippen molar-refractivity contribution in [3.8, 4) is 11.3 Å². The van der Waals surface area contributed by atoms with E-state index in [2.05, 4.69) is 71.8 Å². The largest absolute Gasteiger partial charge is 0.240 e. The number of fused-ring (bicyclic) bond motifs is 1. The number of para-hydroxylation sites is 1. The van der Waals surface area contributed by atoms with E-state index in [1.807, 2.05) is 12.1 Å². The van der Waals surface area contributed by atoms with Gasteiger partial charge in [0.2, 0.25) is 0 Å². The lowest BCUT2D eigenvalue weighted by Gasteiger charge is -2.13. The predicted molar refractivity (Wildman–Crippen MR) is 92.1 cm³/mol. The van der Waals surface area contributed by atoms with E-state index < -0.39 is 0 Å². The number of hydrogen-bond acceptors (Lipinski definition) is 4. The van der Waals surface area contributed by atoms with E-state index >= 15 is 0 Å². The molecule has 0 N–H and O–H groups in total. The van der Waals surface area contributed by atoms with Crippen LogP contribution < -0.4 is 0 Å². The van der Waals surface area contributed by atoms with Crippen molar-refractivity contribution < 1.29 is 0 Å². The zero-order chi connectivity index (χ0) is 14.3. The van der Waals surface area contributed by atoms with Crippen molar-refractivity contribution in [3.05, 3.63) is 39.0 Å². The molecule has 0 aliphatic heterocycles. The van der Waals surface area contributed by atoms with Gasteiger partial charge in [0.15, 0.2) is 0 Å². The van der Waals surface area contributed by atoms with Gasteiger partial charge >= 0.3 is 0 Å². The number of hydrogen-bond donors (Lipinski definition) is 0. The van der Waals surface area contributed by atoms with Gasteiger partial charge in [-0.05, 0) is 40.8 Å². The molecule has 20 heavy (non-hydrogen) atoms. The molecule has 2 heterocycles. The van der Waals surface area contributed by atoms with Crippen LogP contribution in [0.2, 0.25) is 0 Å². The highest BCUT2D eigenvalue weighted by Gasteiger charge is 2.20. The van der Waals surface area contributed by atoms with E-state index in [-0.39, 0.29) is 5.41 Å². The Kier molecular flexibility index (Phi) is 3.50. The van der Waals surface area contributed by atoms with Gasteiger partial charge in [0.05, 0.1) is 20.9 Å². The van der Waals surface area contributed by atoms with Crippen molar-refractivity contribution in [2.45, 2.75) is 26.2 Å². The van der Waals surface area contributed by atoms with Gasteiger partial charge in [-0.15, -0.1) is 21.5 Å². The fourth-order valence-electron chi connectivity index (χ4n) is 1.94. The second-order valence-corrected chi connectivity index (χ2v) is 7.80. The molecule has 0 saturated heterocycles. The van der Waals surface area contributed by atoms with Gasteiger partial charge in [0.25, 0.3) is 0 Å². The molecule has 1 aromatic carbocycles. The first kappa shape index (κ1) is 13.9. The molecule has 3 nitrogen and oxygen atoms in total. The molecular formula is C15H14IN3S. The maximum atomic E-state index is 4.83. The maximum Gasteiger partial charge on any atom is 0.124 e. The lowest BCUT2D eigenvalue weighted by atomic mass is 9.98. The third-order valence-electron chi connectivity index (χ3n) is 2.97. The van der Waals surface area contributed by atoms with Gasteiger partial charge in [-0.25, -0.2) is 4.98 Å². The first-order valence-corrected chi connectivity index (χ1v) is 8.24. The second-order valence-electron chi connectivity index (χ2n) is 5.66. The van der Waals surface area contributed by atoms with Crippen molar-refractivity contribution in [1.82, 2.24) is 15.2 Å². The van der Waals surface area contributed by atoms with Crippen LogP contribution in [0.3, 0.4) is 0 Å². The maximum absolute atomic E-state index is 4.83. The number of rotatable bonds is 1. The van der Waals surface area contributed by atoms with Gasteiger partial charge in [0, 0.05) is 11.0 Å². The molecule has 0 aliphatic rings. The van der Waals surface area contributed by atoms with E-state index in [4.69, 9.17) is 4.98 Å². The van der Waals surface area contributed by atoms with Crippen LogP contribution in [0.15, 0.2) is 30.3 Å². The Morgan fingerprint density at radius 1 is 1.05 bits per heavy atom. The van der Waals surface area contributed by atoms with Gasteiger partial charge in [0.1, 0.15) is 3.70 Å². The third kappa shape index (κ3) is 2.56. The van der Waals surface area contributed by atoms with Crippen LogP contribution >= 0.6 is 33.9 Å². The Balaban J connectivity index is 2.21. The highest BCUT2D eigenvalue weighted by atomic mass is 127. The minimum Gasteiger partial charge on any atom is -0.240 e. The number of aromatic nitrogens is 3. The molecule has 102 valence electrons. The minimum absolute atomic E-state index is 0.0682. The molecular weight excluding hydrogens is 381 g/mol. The number of benzene rings is 1. The Morgan fingerprint density at radius 2 is 1.85 bits per heavy atom. The summed E-state index contributed by atoms with van der Waals surface area (Å²) in [5, 5.41) is 9.56. The minimum atomic E-state index is 0.0682. The van der Waals surface area contributed by atoms with Crippen LogP contribution in [0.5, 0.6) is 0 Å². The Morgan fingerprint density at radius 3 is 2.50 bits per heavy atom. The van der Waals surface area contributed by atoms with Crippen molar-refractivity contribution in [2.75, 3.05) is 0 Å². The summed E-state index contributed by atoms with van der Waals surface area (Å²) >= 11 is 3.92. The zero-order valence-electron chi connectivity index (χ0n) is 11.5. The van der Waals surface area contributed by atoms with Crippen molar-refractivity contribution in [1.29, 1.82) is 0 Å². The van der Waals surface area contributed by atoms with Crippen LogP contribution in [-0.4, -0.2) is 15.2 Å². The zero-order valence-corrected chi connectivity index (χ0v) is 14.5. The number of thiazole rings is 1. The predicted octanol–water partition coefficient (Wildman–Crippen LogP) is 4.66. The smallest absolute Gasteiger partial charge is 0.124 e. The molecule has 0 fully saturated rings. The third-order valence-corrected chi connectivity index (χ3v) is 4.99. The van der Waals surface area contributed by atoms with Crippen LogP contribution in [0.1, 0.15) is 25.8 Å². The topological polar surface area (TPSA) is 38.7 Å². The second kappa shape index (κ2) is 5.04. The Labute approximate surface area is 135 Å². The molecule has 0 unspecified atom stereocenters. The highest BCUT2D eigenvalue weighted by Crippen LogP contribution is 2.35. The van der Waals surface area contributed by atoms with E-state index in [1.165, 1.54) is 4.70 Å². The quantitative estimate of drug-likeness (QED) is 0.563. The first-order chi connectivity index (χ1) is 9.45. The van der Waals surface area contributed by atoms with Crippen LogP contribution in [0.4, 0.5) is 0 Å². The summed E-state index contributed by atoms with van der Waals surface area (Å²) in [6.45, 7) is 6.57. The fourth-order valence-corrected chi connectivity index (χ4v) is 3.27. The average molecular weight is 395 g/mol. The number of nitrogens with zero attached hydrogens (tertiary/aromatic N) is 3. The molecule has 5 heteroatoms. The molecule has 3 rings (SSSR count). The molecule has 0 radical (unpaired) electrons. The van der Waals surface area contributed by atoms with Crippen LogP contribution in [0.25, 0.3) is 21.5 Å². The molecule has 0 atom stereocenters. The Hall–Kier alpha value is -1.08. The summed E-state index contributed by atoms with van der Waals surface area (Å²) < 4.78 is 2.10. The van der Waals surface area contributed by atoms with E-state index in [0.29, 0.717) is 0 Å². The van der Waals surface area contributed by atoms with E-state index in [1.54, 1.807) is 11.3 Å². The summed E-state index contributed by atoms with van der Waals surface area (Å²) in [7, 11) is 0. The summed E-state index contributed by atoms with van der Waals surface area (Å²) in [6, 6.07) is 10.2. The summed E-state index contributed by atoms with van der Waals surface area (Å²) in [5.41, 5.74) is 3.02. The van der Waals surface area contributed by atoms with Gasteiger partial charge in [-0.2, -0.15) is 0 Å². The molecule has 0 spiro atoms. The summed E-state index contributed by atoms with van der Waals surface area (Å²) in [4.78, 5) is 4.83. The fraction of sp³-hybridized carbons (Fsp3) is 0.267. The Bertz CT molecular complexity index is 757. The van der Waals surface area contributed by atoms with Crippen LogP contribution in [0, 0.1) is 3.70 Å².